The molecule has 0 bridgehead atoms. The fourth-order valence-corrected chi connectivity index (χ4v) is 1.54. The molecule has 1 heterocycles. The lowest BCUT2D eigenvalue weighted by Crippen LogP contribution is -2.27. The Hall–Kier alpha value is -1.15. The van der Waals surface area contributed by atoms with Crippen LogP contribution in [0.25, 0.3) is 0 Å². The normalized spacial score (nSPS) is 14.7. The lowest BCUT2D eigenvalue weighted by atomic mass is 9.95. The van der Waals surface area contributed by atoms with Gasteiger partial charge < -0.3 is 4.74 Å². The summed E-state index contributed by atoms with van der Waals surface area (Å²) in [5.74, 6) is 0. The zero-order chi connectivity index (χ0) is 10.4. The Morgan fingerprint density at radius 2 is 2.29 bits per heavy atom. The van der Waals surface area contributed by atoms with E-state index < -0.39 is 5.60 Å². The molecule has 0 aliphatic carbocycles. The molecule has 0 aliphatic rings. The van der Waals surface area contributed by atoms with Crippen LogP contribution in [0.1, 0.15) is 26.0 Å². The summed E-state index contributed by atoms with van der Waals surface area (Å²) in [5.41, 5.74) is 0.509. The molecule has 0 saturated carbocycles. The van der Waals surface area contributed by atoms with Crippen LogP contribution in [0.15, 0.2) is 37.1 Å². The molecule has 2 nitrogen and oxygen atoms in total. The molecule has 1 aromatic rings. The Morgan fingerprint density at radius 3 is 2.71 bits per heavy atom. The van der Waals surface area contributed by atoms with Gasteiger partial charge in [-0.15, -0.1) is 0 Å². The average molecular weight is 191 g/mol. The average Bonchev–Trinajstić information content (AvgIpc) is 2.27. The maximum atomic E-state index is 5.73. The molecule has 0 fully saturated rings. The van der Waals surface area contributed by atoms with E-state index in [1.807, 2.05) is 31.2 Å². The minimum Gasteiger partial charge on any atom is -0.365 e. The monoisotopic (exact) mass is 191 g/mol. The molecule has 76 valence electrons. The quantitative estimate of drug-likeness (QED) is 0.668. The molecule has 0 saturated heterocycles. The number of pyridine rings is 1. The molecule has 0 radical (unpaired) electrons. The maximum Gasteiger partial charge on any atom is 0.127 e. The second kappa shape index (κ2) is 4.91. The smallest absolute Gasteiger partial charge is 0.127 e. The van der Waals surface area contributed by atoms with Gasteiger partial charge in [-0.05, 0) is 25.5 Å². The molecule has 2 heteroatoms. The van der Waals surface area contributed by atoms with Crippen LogP contribution < -0.4 is 0 Å². The number of hydrogen-bond donors (Lipinski definition) is 0. The summed E-state index contributed by atoms with van der Waals surface area (Å²) in [6.07, 6.45) is 4.46. The molecule has 0 aliphatic heterocycles. The van der Waals surface area contributed by atoms with Crippen molar-refractivity contribution in [2.75, 3.05) is 6.61 Å². The van der Waals surface area contributed by atoms with Crippen LogP contribution in [0.2, 0.25) is 0 Å². The van der Waals surface area contributed by atoms with E-state index in [0.29, 0.717) is 6.61 Å². The van der Waals surface area contributed by atoms with Gasteiger partial charge in [0.1, 0.15) is 5.60 Å². The molecule has 0 amide bonds. The van der Waals surface area contributed by atoms with Crippen LogP contribution in [0, 0.1) is 0 Å². The summed E-state index contributed by atoms with van der Waals surface area (Å²) in [5, 5.41) is 0. The first kappa shape index (κ1) is 10.9. The van der Waals surface area contributed by atoms with Gasteiger partial charge in [0, 0.05) is 12.8 Å². The summed E-state index contributed by atoms with van der Waals surface area (Å²) in [4.78, 5) is 4.32. The predicted octanol–water partition coefficient (Wildman–Crippen LogP) is 2.91. The Balaban J connectivity index is 3.04. The third-order valence-corrected chi connectivity index (χ3v) is 2.36. The first-order valence-corrected chi connectivity index (χ1v) is 4.98. The summed E-state index contributed by atoms with van der Waals surface area (Å²) in [7, 11) is 0. The van der Waals surface area contributed by atoms with Crippen LogP contribution in [-0.4, -0.2) is 11.6 Å². The van der Waals surface area contributed by atoms with Gasteiger partial charge in [0.2, 0.25) is 0 Å². The number of aromatic nitrogens is 1. The Bertz CT molecular complexity index is 284. The highest BCUT2D eigenvalue weighted by atomic mass is 16.5. The van der Waals surface area contributed by atoms with Crippen molar-refractivity contribution in [3.63, 3.8) is 0 Å². The Labute approximate surface area is 85.6 Å². The van der Waals surface area contributed by atoms with Gasteiger partial charge in [0.15, 0.2) is 0 Å². The zero-order valence-electron chi connectivity index (χ0n) is 8.86. The molecule has 0 aromatic carbocycles. The lowest BCUT2D eigenvalue weighted by molar-refractivity contribution is -0.0106. The third-order valence-electron chi connectivity index (χ3n) is 2.36. The van der Waals surface area contributed by atoms with Gasteiger partial charge in [0.25, 0.3) is 0 Å². The van der Waals surface area contributed by atoms with E-state index >= 15 is 0 Å². The minimum atomic E-state index is -0.421. The summed E-state index contributed by atoms with van der Waals surface area (Å²) in [6, 6.07) is 5.84. The van der Waals surface area contributed by atoms with Crippen molar-refractivity contribution < 1.29 is 4.74 Å². The standard InChI is InChI=1S/C12H17NO/c1-4-12(5-2,14-6-3)11-9-7-8-10-13-11/h4,7-10H,1,5-6H2,2-3H3. The minimum absolute atomic E-state index is 0.421. The van der Waals surface area contributed by atoms with Crippen molar-refractivity contribution in [2.45, 2.75) is 25.9 Å². The molecule has 0 N–H and O–H groups in total. The van der Waals surface area contributed by atoms with Crippen LogP contribution in [0.3, 0.4) is 0 Å². The van der Waals surface area contributed by atoms with Crippen LogP contribution >= 0.6 is 0 Å². The molecular formula is C12H17NO. The van der Waals surface area contributed by atoms with Crippen molar-refractivity contribution in [2.24, 2.45) is 0 Å². The second-order valence-electron chi connectivity index (χ2n) is 3.10. The molecule has 14 heavy (non-hydrogen) atoms. The number of hydrogen-bond acceptors (Lipinski definition) is 2. The second-order valence-corrected chi connectivity index (χ2v) is 3.10. The molecule has 0 spiro atoms. The fourth-order valence-electron chi connectivity index (χ4n) is 1.54. The molecule has 1 rings (SSSR count). The zero-order valence-corrected chi connectivity index (χ0v) is 8.86. The highest BCUT2D eigenvalue weighted by Gasteiger charge is 2.28. The molecule has 1 unspecified atom stereocenters. The SMILES string of the molecule is C=CC(CC)(OCC)c1ccccn1. The van der Waals surface area contributed by atoms with Gasteiger partial charge in [-0.1, -0.05) is 25.6 Å². The van der Waals surface area contributed by atoms with E-state index in [0.717, 1.165) is 12.1 Å². The maximum absolute atomic E-state index is 5.73. The van der Waals surface area contributed by atoms with Crippen molar-refractivity contribution in [1.29, 1.82) is 0 Å². The Kier molecular flexibility index (Phi) is 3.84. The third kappa shape index (κ3) is 2.02. The topological polar surface area (TPSA) is 22.1 Å². The first-order chi connectivity index (χ1) is 6.79. The van der Waals surface area contributed by atoms with Gasteiger partial charge in [-0.25, -0.2) is 0 Å². The Morgan fingerprint density at radius 1 is 1.50 bits per heavy atom. The molecule has 1 atom stereocenters. The van der Waals surface area contributed by atoms with Gasteiger partial charge in [0.05, 0.1) is 5.69 Å². The van der Waals surface area contributed by atoms with Crippen molar-refractivity contribution in [1.82, 2.24) is 4.98 Å². The van der Waals surface area contributed by atoms with Crippen molar-refractivity contribution in [3.8, 4) is 0 Å². The van der Waals surface area contributed by atoms with Crippen molar-refractivity contribution >= 4 is 0 Å². The summed E-state index contributed by atoms with van der Waals surface area (Å²) in [6.45, 7) is 8.56. The van der Waals surface area contributed by atoms with Crippen LogP contribution in [0.4, 0.5) is 0 Å². The van der Waals surface area contributed by atoms with E-state index in [9.17, 15) is 0 Å². The summed E-state index contributed by atoms with van der Waals surface area (Å²) >= 11 is 0. The number of nitrogens with zero attached hydrogens (tertiary/aromatic N) is 1. The van der Waals surface area contributed by atoms with E-state index in [1.165, 1.54) is 0 Å². The number of rotatable bonds is 5. The highest BCUT2D eigenvalue weighted by molar-refractivity contribution is 5.19. The van der Waals surface area contributed by atoms with Crippen LogP contribution in [0.5, 0.6) is 0 Å². The van der Waals surface area contributed by atoms with Gasteiger partial charge in [-0.3, -0.25) is 4.98 Å². The van der Waals surface area contributed by atoms with Crippen molar-refractivity contribution in [3.05, 3.63) is 42.7 Å². The molecular weight excluding hydrogens is 174 g/mol. The summed E-state index contributed by atoms with van der Waals surface area (Å²) < 4.78 is 5.73. The van der Waals surface area contributed by atoms with E-state index in [-0.39, 0.29) is 0 Å². The first-order valence-electron chi connectivity index (χ1n) is 4.98. The van der Waals surface area contributed by atoms with E-state index in [1.54, 1.807) is 6.20 Å². The fraction of sp³-hybridized carbons (Fsp3) is 0.417. The number of ether oxygens (including phenoxy) is 1. The predicted molar refractivity (Wildman–Crippen MR) is 58.0 cm³/mol. The highest BCUT2D eigenvalue weighted by Crippen LogP contribution is 2.28. The van der Waals surface area contributed by atoms with E-state index in [4.69, 9.17) is 4.74 Å². The van der Waals surface area contributed by atoms with E-state index in [2.05, 4.69) is 18.5 Å². The molecule has 1 aromatic heterocycles. The van der Waals surface area contributed by atoms with Crippen LogP contribution in [-0.2, 0) is 10.3 Å². The lowest BCUT2D eigenvalue weighted by Gasteiger charge is -2.28. The largest absolute Gasteiger partial charge is 0.365 e. The van der Waals surface area contributed by atoms with Gasteiger partial charge in [-0.2, -0.15) is 0 Å². The van der Waals surface area contributed by atoms with Gasteiger partial charge >= 0.3 is 0 Å².